The molecular formula is C22H24ClN3O3. The van der Waals surface area contributed by atoms with Crippen LogP contribution in [-0.4, -0.2) is 21.1 Å². The lowest BCUT2D eigenvalue weighted by Gasteiger charge is -2.21. The number of hydrogen-bond acceptors (Lipinski definition) is 3. The molecular weight excluding hydrogens is 390 g/mol. The summed E-state index contributed by atoms with van der Waals surface area (Å²) < 4.78 is 2.52. The SMILES string of the molecule is CC[C@H](C)NC(=O)[C@H](C)n1c(=O)n(Cc2ccccc2)c(=O)c2ccc(Cl)cc21. The van der Waals surface area contributed by atoms with Crippen LogP contribution in [0.4, 0.5) is 0 Å². The van der Waals surface area contributed by atoms with Gasteiger partial charge in [-0.2, -0.15) is 0 Å². The van der Waals surface area contributed by atoms with Crippen LogP contribution in [0.3, 0.4) is 0 Å². The van der Waals surface area contributed by atoms with Crippen LogP contribution in [0.2, 0.25) is 5.02 Å². The van der Waals surface area contributed by atoms with Gasteiger partial charge in [0.2, 0.25) is 5.91 Å². The molecule has 0 fully saturated rings. The molecule has 0 saturated heterocycles. The molecule has 2 atom stereocenters. The minimum absolute atomic E-state index is 0.0225. The first kappa shape index (κ1) is 20.9. The maximum Gasteiger partial charge on any atom is 0.332 e. The summed E-state index contributed by atoms with van der Waals surface area (Å²) in [5.74, 6) is -0.285. The second kappa shape index (κ2) is 8.66. The van der Waals surface area contributed by atoms with Crippen LogP contribution in [0.5, 0.6) is 0 Å². The Hall–Kier alpha value is -2.86. The van der Waals surface area contributed by atoms with Crippen molar-refractivity contribution < 1.29 is 4.79 Å². The van der Waals surface area contributed by atoms with Gasteiger partial charge in [-0.1, -0.05) is 48.9 Å². The Bertz CT molecular complexity index is 1150. The van der Waals surface area contributed by atoms with E-state index in [1.54, 1.807) is 25.1 Å². The summed E-state index contributed by atoms with van der Waals surface area (Å²) in [6, 6.07) is 13.2. The molecule has 0 saturated carbocycles. The first-order chi connectivity index (χ1) is 13.8. The Balaban J connectivity index is 2.21. The first-order valence-corrected chi connectivity index (χ1v) is 10.00. The second-order valence-corrected chi connectivity index (χ2v) is 7.62. The molecule has 7 heteroatoms. The Labute approximate surface area is 173 Å². The van der Waals surface area contributed by atoms with Gasteiger partial charge in [0.25, 0.3) is 5.56 Å². The number of aromatic nitrogens is 2. The van der Waals surface area contributed by atoms with Gasteiger partial charge in [0.15, 0.2) is 0 Å². The van der Waals surface area contributed by atoms with E-state index in [2.05, 4.69) is 5.32 Å². The predicted molar refractivity (Wildman–Crippen MR) is 116 cm³/mol. The van der Waals surface area contributed by atoms with Crippen LogP contribution in [0.15, 0.2) is 58.1 Å². The van der Waals surface area contributed by atoms with Crippen molar-refractivity contribution in [2.24, 2.45) is 0 Å². The van der Waals surface area contributed by atoms with E-state index in [0.717, 1.165) is 12.0 Å². The van der Waals surface area contributed by atoms with Crippen molar-refractivity contribution in [2.45, 2.75) is 45.8 Å². The highest BCUT2D eigenvalue weighted by atomic mass is 35.5. The molecule has 152 valence electrons. The normalized spacial score (nSPS) is 13.2. The Morgan fingerprint density at radius 2 is 1.79 bits per heavy atom. The third-order valence-corrected chi connectivity index (χ3v) is 5.32. The van der Waals surface area contributed by atoms with Crippen LogP contribution in [-0.2, 0) is 11.3 Å². The highest BCUT2D eigenvalue weighted by Gasteiger charge is 2.23. The molecule has 0 aliphatic rings. The molecule has 0 radical (unpaired) electrons. The topological polar surface area (TPSA) is 73.1 Å². The third-order valence-electron chi connectivity index (χ3n) is 5.08. The van der Waals surface area contributed by atoms with Gasteiger partial charge in [0.1, 0.15) is 6.04 Å². The molecule has 6 nitrogen and oxygen atoms in total. The first-order valence-electron chi connectivity index (χ1n) is 9.62. The van der Waals surface area contributed by atoms with E-state index in [4.69, 9.17) is 11.6 Å². The lowest BCUT2D eigenvalue weighted by atomic mass is 10.2. The zero-order valence-corrected chi connectivity index (χ0v) is 17.4. The number of rotatable bonds is 6. The molecule has 1 N–H and O–H groups in total. The van der Waals surface area contributed by atoms with Crippen LogP contribution in [0, 0.1) is 0 Å². The highest BCUT2D eigenvalue weighted by molar-refractivity contribution is 6.31. The van der Waals surface area contributed by atoms with Gasteiger partial charge in [0, 0.05) is 11.1 Å². The molecule has 0 aliphatic carbocycles. The van der Waals surface area contributed by atoms with E-state index >= 15 is 0 Å². The molecule has 1 amide bonds. The fourth-order valence-electron chi connectivity index (χ4n) is 3.21. The Kier molecular flexibility index (Phi) is 6.23. The summed E-state index contributed by atoms with van der Waals surface area (Å²) in [7, 11) is 0. The van der Waals surface area contributed by atoms with Crippen LogP contribution < -0.4 is 16.6 Å². The summed E-state index contributed by atoms with van der Waals surface area (Å²) in [5, 5.41) is 3.63. The molecule has 0 bridgehead atoms. The molecule has 0 unspecified atom stereocenters. The molecule has 2 aromatic carbocycles. The summed E-state index contributed by atoms with van der Waals surface area (Å²) in [5.41, 5.74) is 0.226. The minimum Gasteiger partial charge on any atom is -0.352 e. The minimum atomic E-state index is -0.805. The molecule has 3 rings (SSSR count). The van der Waals surface area contributed by atoms with Gasteiger partial charge in [-0.05, 0) is 44.0 Å². The average Bonchev–Trinajstić information content (AvgIpc) is 2.71. The molecule has 1 aromatic heterocycles. The highest BCUT2D eigenvalue weighted by Crippen LogP contribution is 2.19. The number of carbonyl (C=O) groups is 1. The number of carbonyl (C=O) groups excluding carboxylic acids is 1. The molecule has 1 heterocycles. The van der Waals surface area contributed by atoms with Gasteiger partial charge in [-0.15, -0.1) is 0 Å². The monoisotopic (exact) mass is 413 g/mol. The van der Waals surface area contributed by atoms with Crippen molar-refractivity contribution in [3.8, 4) is 0 Å². The predicted octanol–water partition coefficient (Wildman–Crippen LogP) is 3.34. The molecule has 0 aliphatic heterocycles. The summed E-state index contributed by atoms with van der Waals surface area (Å²) in [6.07, 6.45) is 0.771. The number of benzene rings is 2. The number of hydrogen-bond donors (Lipinski definition) is 1. The quantitative estimate of drug-likeness (QED) is 0.673. The summed E-state index contributed by atoms with van der Waals surface area (Å²) >= 11 is 6.13. The number of halogens is 1. The molecule has 3 aromatic rings. The van der Waals surface area contributed by atoms with Crippen molar-refractivity contribution in [3.05, 3.63) is 80.0 Å². The lowest BCUT2D eigenvalue weighted by molar-refractivity contribution is -0.124. The van der Waals surface area contributed by atoms with E-state index < -0.39 is 17.3 Å². The van der Waals surface area contributed by atoms with E-state index in [1.807, 2.05) is 44.2 Å². The fourth-order valence-corrected chi connectivity index (χ4v) is 3.38. The largest absolute Gasteiger partial charge is 0.352 e. The number of fused-ring (bicyclic) bond motifs is 1. The lowest BCUT2D eigenvalue weighted by Crippen LogP contribution is -2.45. The van der Waals surface area contributed by atoms with E-state index in [9.17, 15) is 14.4 Å². The Morgan fingerprint density at radius 1 is 1.10 bits per heavy atom. The van der Waals surface area contributed by atoms with Crippen LogP contribution in [0.1, 0.15) is 38.8 Å². The van der Waals surface area contributed by atoms with Gasteiger partial charge in [0.05, 0.1) is 17.4 Å². The van der Waals surface area contributed by atoms with Crippen molar-refractivity contribution in [3.63, 3.8) is 0 Å². The second-order valence-electron chi connectivity index (χ2n) is 7.18. The smallest absolute Gasteiger partial charge is 0.332 e. The standard InChI is InChI=1S/C22H24ClN3O3/c1-4-14(2)24-20(27)15(3)26-19-12-17(23)10-11-18(19)21(28)25(22(26)29)13-16-8-6-5-7-9-16/h5-12,14-15H,4,13H2,1-3H3,(H,24,27)/t14-,15-/m0/s1. The zero-order chi connectivity index (χ0) is 21.1. The van der Waals surface area contributed by atoms with E-state index in [-0.39, 0.29) is 18.5 Å². The maximum absolute atomic E-state index is 13.3. The number of nitrogens with one attached hydrogen (secondary N) is 1. The average molecular weight is 414 g/mol. The van der Waals surface area contributed by atoms with Crippen LogP contribution in [0.25, 0.3) is 10.9 Å². The van der Waals surface area contributed by atoms with E-state index in [0.29, 0.717) is 15.9 Å². The Morgan fingerprint density at radius 3 is 2.45 bits per heavy atom. The van der Waals surface area contributed by atoms with Crippen molar-refractivity contribution in [1.82, 2.24) is 14.5 Å². The van der Waals surface area contributed by atoms with E-state index in [1.165, 1.54) is 9.13 Å². The van der Waals surface area contributed by atoms with Gasteiger partial charge in [-0.25, -0.2) is 4.79 Å². The molecule has 29 heavy (non-hydrogen) atoms. The summed E-state index contributed by atoms with van der Waals surface area (Å²) in [4.78, 5) is 39.1. The van der Waals surface area contributed by atoms with Gasteiger partial charge < -0.3 is 5.32 Å². The van der Waals surface area contributed by atoms with Gasteiger partial charge >= 0.3 is 5.69 Å². The maximum atomic E-state index is 13.3. The third kappa shape index (κ3) is 4.27. The number of amides is 1. The van der Waals surface area contributed by atoms with Crippen molar-refractivity contribution >= 4 is 28.4 Å². The van der Waals surface area contributed by atoms with Crippen molar-refractivity contribution in [2.75, 3.05) is 0 Å². The van der Waals surface area contributed by atoms with Crippen molar-refractivity contribution in [1.29, 1.82) is 0 Å². The van der Waals surface area contributed by atoms with Gasteiger partial charge in [-0.3, -0.25) is 18.7 Å². The number of nitrogens with zero attached hydrogens (tertiary/aromatic N) is 2. The zero-order valence-electron chi connectivity index (χ0n) is 16.7. The van der Waals surface area contributed by atoms with Crippen LogP contribution >= 0.6 is 11.6 Å². The molecule has 0 spiro atoms. The summed E-state index contributed by atoms with van der Waals surface area (Å²) in [6.45, 7) is 5.64. The fraction of sp³-hybridized carbons (Fsp3) is 0.318.